The molecule has 1 rings (SSSR count). The van der Waals surface area contributed by atoms with Crippen LogP contribution >= 0.6 is 11.8 Å². The average Bonchev–Trinajstić information content (AvgIpc) is 2.34. The summed E-state index contributed by atoms with van der Waals surface area (Å²) in [5.74, 6) is 1.24. The predicted molar refractivity (Wildman–Crippen MR) is 79.6 cm³/mol. The van der Waals surface area contributed by atoms with Crippen molar-refractivity contribution in [2.24, 2.45) is 0 Å². The third-order valence-corrected chi connectivity index (χ3v) is 3.93. The van der Waals surface area contributed by atoms with Gasteiger partial charge in [0.25, 0.3) is 0 Å². The molecule has 0 saturated carbocycles. The topological polar surface area (TPSA) is 29.3 Å². The summed E-state index contributed by atoms with van der Waals surface area (Å²) in [6.45, 7) is 3.37. The largest absolute Gasteiger partial charge is 0.399 e. The Bertz CT molecular complexity index is 328. The van der Waals surface area contributed by atoms with Gasteiger partial charge in [0.05, 0.1) is 0 Å². The molecule has 17 heavy (non-hydrogen) atoms. The molecule has 2 N–H and O–H groups in total. The molecule has 1 aromatic rings. The molecule has 0 aliphatic carbocycles. The van der Waals surface area contributed by atoms with Crippen LogP contribution in [0.4, 0.5) is 5.69 Å². The van der Waals surface area contributed by atoms with E-state index in [0.29, 0.717) is 6.04 Å². The highest BCUT2D eigenvalue weighted by molar-refractivity contribution is 7.98. The summed E-state index contributed by atoms with van der Waals surface area (Å²) < 4.78 is 0. The number of thioether (sulfide) groups is 1. The Balaban J connectivity index is 2.37. The highest BCUT2D eigenvalue weighted by Gasteiger charge is 2.09. The van der Waals surface area contributed by atoms with Gasteiger partial charge >= 0.3 is 0 Å². The van der Waals surface area contributed by atoms with Crippen molar-refractivity contribution in [1.29, 1.82) is 0 Å². The second-order valence-corrected chi connectivity index (χ2v) is 5.55. The van der Waals surface area contributed by atoms with Gasteiger partial charge in [0.1, 0.15) is 0 Å². The van der Waals surface area contributed by atoms with Crippen molar-refractivity contribution in [2.75, 3.05) is 31.3 Å². The van der Waals surface area contributed by atoms with Gasteiger partial charge in [-0.3, -0.25) is 0 Å². The molecule has 3 heteroatoms. The minimum atomic E-state index is 0.646. The van der Waals surface area contributed by atoms with Crippen molar-refractivity contribution < 1.29 is 0 Å². The predicted octanol–water partition coefficient (Wildman–Crippen LogP) is 2.88. The summed E-state index contributed by atoms with van der Waals surface area (Å²) in [5, 5.41) is 0. The molecule has 0 spiro atoms. The Kier molecular flexibility index (Phi) is 6.45. The Labute approximate surface area is 110 Å². The highest BCUT2D eigenvalue weighted by atomic mass is 32.2. The molecule has 1 atom stereocenters. The number of likely N-dealkylation sites (N-methyl/N-ethyl adjacent to an activating group) is 1. The molecule has 0 aliphatic rings. The number of benzene rings is 1. The maximum Gasteiger partial charge on any atom is 0.0347 e. The zero-order valence-electron chi connectivity index (χ0n) is 11.1. The first-order chi connectivity index (χ1) is 8.15. The Morgan fingerprint density at radius 1 is 1.35 bits per heavy atom. The minimum absolute atomic E-state index is 0.646. The van der Waals surface area contributed by atoms with Crippen LogP contribution in [0.3, 0.4) is 0 Å². The van der Waals surface area contributed by atoms with Crippen LogP contribution in [0.5, 0.6) is 0 Å². The van der Waals surface area contributed by atoms with Crippen LogP contribution in [0, 0.1) is 0 Å². The van der Waals surface area contributed by atoms with E-state index >= 15 is 0 Å². The molecule has 0 radical (unpaired) electrons. The van der Waals surface area contributed by atoms with Gasteiger partial charge in [-0.1, -0.05) is 18.2 Å². The van der Waals surface area contributed by atoms with Gasteiger partial charge in [-0.05, 0) is 50.5 Å². The quantitative estimate of drug-likeness (QED) is 0.757. The Hall–Kier alpha value is -0.670. The Morgan fingerprint density at radius 2 is 2.06 bits per heavy atom. The Morgan fingerprint density at radius 3 is 2.71 bits per heavy atom. The van der Waals surface area contributed by atoms with Crippen molar-refractivity contribution in [2.45, 2.75) is 25.8 Å². The zero-order valence-corrected chi connectivity index (χ0v) is 12.0. The lowest BCUT2D eigenvalue weighted by molar-refractivity contribution is 0.256. The lowest BCUT2D eigenvalue weighted by Gasteiger charge is -2.24. The van der Waals surface area contributed by atoms with E-state index in [2.05, 4.69) is 37.3 Å². The fraction of sp³-hybridized carbons (Fsp3) is 0.571. The van der Waals surface area contributed by atoms with E-state index < -0.39 is 0 Å². The maximum atomic E-state index is 5.94. The summed E-state index contributed by atoms with van der Waals surface area (Å²) >= 11 is 1.92. The number of para-hydroxylation sites is 1. The minimum Gasteiger partial charge on any atom is -0.399 e. The first-order valence-corrected chi connectivity index (χ1v) is 7.57. The third kappa shape index (κ3) is 5.00. The van der Waals surface area contributed by atoms with E-state index in [9.17, 15) is 0 Å². The van der Waals surface area contributed by atoms with Crippen LogP contribution in [-0.4, -0.2) is 36.5 Å². The zero-order chi connectivity index (χ0) is 12.7. The number of hydrogen-bond acceptors (Lipinski definition) is 3. The average molecular weight is 252 g/mol. The number of nitrogens with two attached hydrogens (primary N) is 1. The molecular formula is C14H24N2S. The molecular weight excluding hydrogens is 228 g/mol. The molecule has 0 aromatic heterocycles. The van der Waals surface area contributed by atoms with Crippen LogP contribution in [0.25, 0.3) is 0 Å². The summed E-state index contributed by atoms with van der Waals surface area (Å²) in [6.07, 6.45) is 4.45. The van der Waals surface area contributed by atoms with E-state index in [1.165, 1.54) is 17.7 Å². The van der Waals surface area contributed by atoms with Gasteiger partial charge in [-0.2, -0.15) is 11.8 Å². The van der Waals surface area contributed by atoms with E-state index in [1.807, 2.05) is 23.9 Å². The molecule has 0 bridgehead atoms. The number of hydrogen-bond donors (Lipinski definition) is 1. The second kappa shape index (κ2) is 7.62. The first-order valence-electron chi connectivity index (χ1n) is 6.17. The molecule has 0 heterocycles. The molecule has 1 unspecified atom stereocenters. The van der Waals surface area contributed by atoms with Crippen LogP contribution in [0.1, 0.15) is 18.9 Å². The van der Waals surface area contributed by atoms with Gasteiger partial charge in [-0.25, -0.2) is 0 Å². The normalized spacial score (nSPS) is 12.9. The molecule has 0 fully saturated rings. The lowest BCUT2D eigenvalue weighted by atomic mass is 10.1. The fourth-order valence-corrected chi connectivity index (χ4v) is 2.36. The maximum absolute atomic E-state index is 5.94. The van der Waals surface area contributed by atoms with E-state index in [1.54, 1.807) is 0 Å². The number of nitrogens with zero attached hydrogens (tertiary/aromatic N) is 1. The van der Waals surface area contributed by atoms with Crippen LogP contribution < -0.4 is 5.73 Å². The summed E-state index contributed by atoms with van der Waals surface area (Å²) in [5.41, 5.74) is 8.12. The fourth-order valence-electron chi connectivity index (χ4n) is 1.79. The van der Waals surface area contributed by atoms with Crippen molar-refractivity contribution in [3.63, 3.8) is 0 Å². The molecule has 1 aromatic carbocycles. The molecule has 0 saturated heterocycles. The van der Waals surface area contributed by atoms with E-state index in [-0.39, 0.29) is 0 Å². The standard InChI is InChI=1S/C14H24N2S/c1-12(9-11-17-3)16(2)10-8-13-6-4-5-7-14(13)15/h4-7,12H,8-11,15H2,1-3H3. The van der Waals surface area contributed by atoms with Crippen molar-refractivity contribution in [3.8, 4) is 0 Å². The number of nitrogen functional groups attached to an aromatic ring is 1. The van der Waals surface area contributed by atoms with E-state index in [4.69, 9.17) is 5.73 Å². The second-order valence-electron chi connectivity index (χ2n) is 4.56. The molecule has 0 amide bonds. The van der Waals surface area contributed by atoms with Crippen LogP contribution in [-0.2, 0) is 6.42 Å². The summed E-state index contributed by atoms with van der Waals surface area (Å²) in [7, 11) is 2.20. The number of rotatable bonds is 7. The highest BCUT2D eigenvalue weighted by Crippen LogP contribution is 2.13. The third-order valence-electron chi connectivity index (χ3n) is 3.28. The van der Waals surface area contributed by atoms with Gasteiger partial charge in [0, 0.05) is 18.3 Å². The van der Waals surface area contributed by atoms with Crippen molar-refractivity contribution in [3.05, 3.63) is 29.8 Å². The SMILES string of the molecule is CSCCC(C)N(C)CCc1ccccc1N. The first kappa shape index (κ1) is 14.4. The van der Waals surface area contributed by atoms with Gasteiger partial charge in [0.15, 0.2) is 0 Å². The van der Waals surface area contributed by atoms with E-state index in [0.717, 1.165) is 18.7 Å². The summed E-state index contributed by atoms with van der Waals surface area (Å²) in [6, 6.07) is 8.79. The van der Waals surface area contributed by atoms with Crippen LogP contribution in [0.2, 0.25) is 0 Å². The van der Waals surface area contributed by atoms with Crippen molar-refractivity contribution >= 4 is 17.4 Å². The molecule has 96 valence electrons. The number of anilines is 1. The lowest BCUT2D eigenvalue weighted by Crippen LogP contribution is -2.31. The van der Waals surface area contributed by atoms with Crippen LogP contribution in [0.15, 0.2) is 24.3 Å². The van der Waals surface area contributed by atoms with Crippen molar-refractivity contribution in [1.82, 2.24) is 4.90 Å². The van der Waals surface area contributed by atoms with Gasteiger partial charge < -0.3 is 10.6 Å². The smallest absolute Gasteiger partial charge is 0.0347 e. The molecule has 2 nitrogen and oxygen atoms in total. The summed E-state index contributed by atoms with van der Waals surface area (Å²) in [4.78, 5) is 2.42. The molecule has 0 aliphatic heterocycles. The van der Waals surface area contributed by atoms with Gasteiger partial charge in [-0.15, -0.1) is 0 Å². The van der Waals surface area contributed by atoms with Gasteiger partial charge in [0.2, 0.25) is 0 Å². The monoisotopic (exact) mass is 252 g/mol.